The predicted octanol–water partition coefficient (Wildman–Crippen LogP) is 3.72. The molecule has 0 spiro atoms. The fourth-order valence-corrected chi connectivity index (χ4v) is 5.31. The Hall–Kier alpha value is -2.61. The second kappa shape index (κ2) is 11.7. The van der Waals surface area contributed by atoms with Crippen molar-refractivity contribution in [1.82, 2.24) is 24.8 Å². The predicted molar refractivity (Wildman–Crippen MR) is 131 cm³/mol. The molecule has 1 atom stereocenters. The molecular weight excluding hydrogens is 450 g/mol. The molecule has 2 saturated heterocycles. The van der Waals surface area contributed by atoms with Crippen LogP contribution in [0.4, 0.5) is 10.9 Å². The summed E-state index contributed by atoms with van der Waals surface area (Å²) in [6.45, 7) is 8.41. The van der Waals surface area contributed by atoms with Gasteiger partial charge in [-0.1, -0.05) is 6.92 Å². The molecule has 0 radical (unpaired) electrons. The number of likely N-dealkylation sites (tertiary alicyclic amines) is 2. The summed E-state index contributed by atoms with van der Waals surface area (Å²) in [5.41, 5.74) is 1.45. The molecule has 34 heavy (non-hydrogen) atoms. The van der Waals surface area contributed by atoms with Crippen LogP contribution < -0.4 is 5.32 Å². The smallest absolute Gasteiger partial charge is 0.273 e. The number of nitrogens with one attached hydrogen (secondary N) is 1. The molecule has 1 N–H and O–H groups in total. The number of piperidine rings is 2. The summed E-state index contributed by atoms with van der Waals surface area (Å²) in [6.07, 6.45) is 5.12. The van der Waals surface area contributed by atoms with Crippen LogP contribution in [0.3, 0.4) is 0 Å². The minimum atomic E-state index is -0.0300. The highest BCUT2D eigenvalue weighted by Crippen LogP contribution is 2.28. The molecule has 2 fully saturated rings. The standard InChI is InChI=1S/C24H33N7O2S/c1-3-13-33-19-6-10-31(11-7-19)23(32)21-16-34-24(28-21)29-22-14-20(26-17(2)27-22)18-5-4-9-30(15-18)12-8-25/h14,16,18-19H,3-7,9-13,15H2,1-2H3,(H,26,27,28,29)/t18-/m1/s1. The zero-order valence-electron chi connectivity index (χ0n) is 20.0. The van der Waals surface area contributed by atoms with Gasteiger partial charge >= 0.3 is 0 Å². The molecule has 182 valence electrons. The fraction of sp³-hybridized carbons (Fsp3) is 0.625. The van der Waals surface area contributed by atoms with Crippen LogP contribution in [0.25, 0.3) is 0 Å². The van der Waals surface area contributed by atoms with E-state index in [4.69, 9.17) is 10.00 Å². The molecule has 0 unspecified atom stereocenters. The fourth-order valence-electron chi connectivity index (χ4n) is 4.62. The Morgan fingerprint density at radius 2 is 2.09 bits per heavy atom. The number of ether oxygens (including phenoxy) is 1. The van der Waals surface area contributed by atoms with Crippen LogP contribution in [0.2, 0.25) is 0 Å². The number of carbonyl (C=O) groups excluding carboxylic acids is 1. The highest BCUT2D eigenvalue weighted by molar-refractivity contribution is 7.14. The van der Waals surface area contributed by atoms with E-state index in [2.05, 4.69) is 38.2 Å². The molecule has 0 bridgehead atoms. The average Bonchev–Trinajstić information content (AvgIpc) is 3.31. The number of amides is 1. The molecule has 2 aliphatic heterocycles. The lowest BCUT2D eigenvalue weighted by Gasteiger charge is -2.31. The van der Waals surface area contributed by atoms with E-state index in [9.17, 15) is 4.79 Å². The molecule has 0 aromatic carbocycles. The third-order valence-corrected chi connectivity index (χ3v) is 7.08. The van der Waals surface area contributed by atoms with Gasteiger partial charge in [-0.05, 0) is 45.6 Å². The number of hydrogen-bond donors (Lipinski definition) is 1. The van der Waals surface area contributed by atoms with Gasteiger partial charge in [0.1, 0.15) is 17.3 Å². The summed E-state index contributed by atoms with van der Waals surface area (Å²) in [6, 6.07) is 4.22. The third-order valence-electron chi connectivity index (χ3n) is 6.32. The number of aromatic nitrogens is 3. The molecule has 2 aliphatic rings. The zero-order chi connectivity index (χ0) is 23.9. The molecular formula is C24H33N7O2S. The van der Waals surface area contributed by atoms with Gasteiger partial charge in [-0.25, -0.2) is 15.0 Å². The number of aryl methyl sites for hydroxylation is 1. The van der Waals surface area contributed by atoms with E-state index in [1.54, 1.807) is 5.38 Å². The number of hydrogen-bond acceptors (Lipinski definition) is 9. The van der Waals surface area contributed by atoms with Crippen molar-refractivity contribution in [3.8, 4) is 6.07 Å². The van der Waals surface area contributed by atoms with Gasteiger partial charge in [-0.3, -0.25) is 9.69 Å². The molecule has 2 aromatic heterocycles. The van der Waals surface area contributed by atoms with Crippen molar-refractivity contribution in [1.29, 1.82) is 5.26 Å². The number of rotatable bonds is 8. The van der Waals surface area contributed by atoms with Gasteiger partial charge in [0.05, 0.1) is 24.4 Å². The van der Waals surface area contributed by atoms with Crippen LogP contribution in [0.1, 0.15) is 67.0 Å². The van der Waals surface area contributed by atoms with Gasteiger partial charge in [0.2, 0.25) is 0 Å². The van der Waals surface area contributed by atoms with E-state index in [1.165, 1.54) is 11.3 Å². The van der Waals surface area contributed by atoms with Crippen molar-refractivity contribution >= 4 is 28.2 Å². The van der Waals surface area contributed by atoms with Gasteiger partial charge in [-0.15, -0.1) is 11.3 Å². The monoisotopic (exact) mass is 483 g/mol. The number of nitrogens with zero attached hydrogens (tertiary/aromatic N) is 6. The van der Waals surface area contributed by atoms with Crippen LogP contribution in [0, 0.1) is 18.3 Å². The van der Waals surface area contributed by atoms with E-state index >= 15 is 0 Å². The lowest BCUT2D eigenvalue weighted by Crippen LogP contribution is -2.41. The van der Waals surface area contributed by atoms with Crippen LogP contribution in [0.15, 0.2) is 11.4 Å². The Bertz CT molecular complexity index is 1010. The first-order valence-corrected chi connectivity index (χ1v) is 13.0. The Labute approximate surface area is 205 Å². The lowest BCUT2D eigenvalue weighted by molar-refractivity contribution is 0.00887. The molecule has 1 amide bonds. The van der Waals surface area contributed by atoms with E-state index in [0.29, 0.717) is 42.1 Å². The Balaban J connectivity index is 1.37. The number of nitriles is 1. The van der Waals surface area contributed by atoms with Crippen molar-refractivity contribution in [2.24, 2.45) is 0 Å². The van der Waals surface area contributed by atoms with Crippen LogP contribution >= 0.6 is 11.3 Å². The van der Waals surface area contributed by atoms with Crippen molar-refractivity contribution in [3.05, 3.63) is 28.7 Å². The average molecular weight is 484 g/mol. The molecule has 2 aromatic rings. The molecule has 0 aliphatic carbocycles. The maximum Gasteiger partial charge on any atom is 0.273 e. The summed E-state index contributed by atoms with van der Waals surface area (Å²) in [4.78, 5) is 30.7. The largest absolute Gasteiger partial charge is 0.378 e. The number of thiazole rings is 1. The first kappa shape index (κ1) is 24.5. The summed E-state index contributed by atoms with van der Waals surface area (Å²) >= 11 is 1.40. The van der Waals surface area contributed by atoms with Gasteiger partial charge in [-0.2, -0.15) is 5.26 Å². The maximum absolute atomic E-state index is 12.9. The molecule has 4 rings (SSSR count). The van der Waals surface area contributed by atoms with Gasteiger partial charge in [0.15, 0.2) is 5.13 Å². The van der Waals surface area contributed by atoms with Gasteiger partial charge in [0.25, 0.3) is 5.91 Å². The van der Waals surface area contributed by atoms with E-state index < -0.39 is 0 Å². The van der Waals surface area contributed by atoms with E-state index in [-0.39, 0.29) is 17.9 Å². The topological polar surface area (TPSA) is 107 Å². The number of carbonyl (C=O) groups is 1. The summed E-state index contributed by atoms with van der Waals surface area (Å²) in [5.74, 6) is 1.63. The first-order valence-electron chi connectivity index (χ1n) is 12.1. The van der Waals surface area contributed by atoms with Crippen molar-refractivity contribution in [3.63, 3.8) is 0 Å². The third kappa shape index (κ3) is 6.29. The molecule has 0 saturated carbocycles. The molecule has 4 heterocycles. The molecule has 10 heteroatoms. The Morgan fingerprint density at radius 1 is 1.26 bits per heavy atom. The first-order chi connectivity index (χ1) is 16.6. The van der Waals surface area contributed by atoms with Gasteiger partial charge < -0.3 is 15.0 Å². The summed E-state index contributed by atoms with van der Waals surface area (Å²) in [7, 11) is 0. The maximum atomic E-state index is 12.9. The summed E-state index contributed by atoms with van der Waals surface area (Å²) in [5, 5.41) is 14.7. The van der Waals surface area contributed by atoms with Gasteiger partial charge in [0, 0.05) is 43.6 Å². The van der Waals surface area contributed by atoms with Crippen LogP contribution in [-0.4, -0.2) is 76.1 Å². The zero-order valence-corrected chi connectivity index (χ0v) is 20.8. The Kier molecular flexibility index (Phi) is 8.43. The lowest BCUT2D eigenvalue weighted by atomic mass is 9.94. The minimum Gasteiger partial charge on any atom is -0.378 e. The van der Waals surface area contributed by atoms with Crippen molar-refractivity contribution in [2.75, 3.05) is 44.6 Å². The highest BCUT2D eigenvalue weighted by atomic mass is 32.1. The van der Waals surface area contributed by atoms with Crippen LogP contribution in [-0.2, 0) is 4.74 Å². The normalized spacial score (nSPS) is 19.7. The highest BCUT2D eigenvalue weighted by Gasteiger charge is 2.26. The minimum absolute atomic E-state index is 0.0300. The quantitative estimate of drug-likeness (QED) is 0.566. The SMILES string of the molecule is CCCOC1CCN(C(=O)c2csc(Nc3cc([C@@H]4CCCN(CC#N)C4)nc(C)n3)n2)CC1. The van der Waals surface area contributed by atoms with Crippen LogP contribution in [0.5, 0.6) is 0 Å². The van der Waals surface area contributed by atoms with Crippen molar-refractivity contribution in [2.45, 2.75) is 58.0 Å². The summed E-state index contributed by atoms with van der Waals surface area (Å²) < 4.78 is 5.83. The number of anilines is 2. The van der Waals surface area contributed by atoms with E-state index in [1.807, 2.05) is 17.9 Å². The van der Waals surface area contributed by atoms with E-state index in [0.717, 1.165) is 57.5 Å². The molecule has 9 nitrogen and oxygen atoms in total. The second-order valence-corrected chi connectivity index (χ2v) is 9.84. The second-order valence-electron chi connectivity index (χ2n) is 8.98. The van der Waals surface area contributed by atoms with Crippen molar-refractivity contribution < 1.29 is 9.53 Å². The Morgan fingerprint density at radius 3 is 2.85 bits per heavy atom.